The molecule has 0 heterocycles. The van der Waals surface area contributed by atoms with Crippen molar-refractivity contribution in [1.29, 1.82) is 0 Å². The highest BCUT2D eigenvalue weighted by Crippen LogP contribution is 2.25. The van der Waals surface area contributed by atoms with Crippen LogP contribution in [0.3, 0.4) is 0 Å². The van der Waals surface area contributed by atoms with Gasteiger partial charge in [-0.2, -0.15) is 0 Å². The number of carboxylic acid groups (broad SMARTS) is 1. The Kier molecular flexibility index (Phi) is 6.29. The largest absolute Gasteiger partial charge is 0.497 e. The Labute approximate surface area is 172 Å². The molecule has 0 aliphatic rings. The second kappa shape index (κ2) is 9.24. The summed E-state index contributed by atoms with van der Waals surface area (Å²) in [6.45, 7) is 0. The van der Waals surface area contributed by atoms with Gasteiger partial charge in [0.25, 0.3) is 11.8 Å². The summed E-state index contributed by atoms with van der Waals surface area (Å²) in [6, 6.07) is 19.6. The molecule has 0 bridgehead atoms. The maximum Gasteiger partial charge on any atom is 0.409 e. The molecule has 0 atom stereocenters. The molecular weight excluding hydrogens is 386 g/mol. The van der Waals surface area contributed by atoms with E-state index in [9.17, 15) is 14.4 Å². The fourth-order valence-corrected chi connectivity index (χ4v) is 2.67. The lowest BCUT2D eigenvalue weighted by Crippen LogP contribution is -2.17. The topological polar surface area (TPSA) is 117 Å². The standard InChI is InChI=1S/C22H19N3O5/c1-30-17-10-7-14(8-11-17)20(26)24-19-13-15(9-12-18(19)25-22(28)29)21(27)23-16-5-3-2-4-6-16/h2-13,25H,1H3,(H,23,27)(H,24,26)(H,28,29). The van der Waals surface area contributed by atoms with E-state index in [1.165, 1.54) is 25.3 Å². The number of hydrogen-bond acceptors (Lipinski definition) is 4. The number of carbonyl (C=O) groups is 3. The Bertz CT molecular complexity index is 1070. The van der Waals surface area contributed by atoms with E-state index in [0.717, 1.165) is 0 Å². The highest BCUT2D eigenvalue weighted by Gasteiger charge is 2.15. The third kappa shape index (κ3) is 5.14. The first-order valence-corrected chi connectivity index (χ1v) is 8.92. The second-order valence-electron chi connectivity index (χ2n) is 6.19. The Hall–Kier alpha value is -4.33. The van der Waals surface area contributed by atoms with Crippen LogP contribution >= 0.6 is 0 Å². The number of anilines is 3. The van der Waals surface area contributed by atoms with E-state index < -0.39 is 17.9 Å². The molecule has 3 aromatic rings. The summed E-state index contributed by atoms with van der Waals surface area (Å²) in [6.07, 6.45) is -1.29. The monoisotopic (exact) mass is 405 g/mol. The van der Waals surface area contributed by atoms with E-state index in [4.69, 9.17) is 9.84 Å². The first-order valence-electron chi connectivity index (χ1n) is 8.92. The second-order valence-corrected chi connectivity index (χ2v) is 6.19. The number of para-hydroxylation sites is 1. The molecule has 8 heteroatoms. The lowest BCUT2D eigenvalue weighted by atomic mass is 10.1. The zero-order valence-electron chi connectivity index (χ0n) is 16.0. The molecule has 0 fully saturated rings. The predicted octanol–water partition coefficient (Wildman–Crippen LogP) is 4.29. The Morgan fingerprint density at radius 2 is 1.37 bits per heavy atom. The SMILES string of the molecule is COc1ccc(C(=O)Nc2cc(C(=O)Nc3ccccc3)ccc2NC(=O)O)cc1. The van der Waals surface area contributed by atoms with Crippen LogP contribution in [-0.2, 0) is 0 Å². The van der Waals surface area contributed by atoms with Crippen molar-refractivity contribution in [2.24, 2.45) is 0 Å². The molecular formula is C22H19N3O5. The van der Waals surface area contributed by atoms with Gasteiger partial charge in [0.15, 0.2) is 0 Å². The first kappa shape index (κ1) is 20.4. The van der Waals surface area contributed by atoms with Crippen molar-refractivity contribution < 1.29 is 24.2 Å². The van der Waals surface area contributed by atoms with Gasteiger partial charge in [0.05, 0.1) is 18.5 Å². The fraction of sp³-hybridized carbons (Fsp3) is 0.0455. The number of rotatable bonds is 6. The van der Waals surface area contributed by atoms with E-state index in [-0.39, 0.29) is 16.9 Å². The molecule has 3 rings (SSSR count). The summed E-state index contributed by atoms with van der Waals surface area (Å²) in [5, 5.41) is 16.7. The molecule has 8 nitrogen and oxygen atoms in total. The highest BCUT2D eigenvalue weighted by atomic mass is 16.5. The van der Waals surface area contributed by atoms with Crippen LogP contribution in [0, 0.1) is 0 Å². The van der Waals surface area contributed by atoms with Gasteiger partial charge in [0, 0.05) is 16.8 Å². The molecule has 0 spiro atoms. The van der Waals surface area contributed by atoms with Gasteiger partial charge in [-0.1, -0.05) is 18.2 Å². The fourth-order valence-electron chi connectivity index (χ4n) is 2.67. The van der Waals surface area contributed by atoms with E-state index >= 15 is 0 Å². The maximum absolute atomic E-state index is 12.6. The number of methoxy groups -OCH3 is 1. The molecule has 0 unspecified atom stereocenters. The summed E-state index contributed by atoms with van der Waals surface area (Å²) in [4.78, 5) is 36.2. The third-order valence-electron chi connectivity index (χ3n) is 4.16. The number of nitrogens with one attached hydrogen (secondary N) is 3. The van der Waals surface area contributed by atoms with Gasteiger partial charge >= 0.3 is 6.09 Å². The lowest BCUT2D eigenvalue weighted by Gasteiger charge is -2.13. The quantitative estimate of drug-likeness (QED) is 0.488. The minimum Gasteiger partial charge on any atom is -0.497 e. The molecule has 3 amide bonds. The third-order valence-corrected chi connectivity index (χ3v) is 4.16. The van der Waals surface area contributed by atoms with Gasteiger partial charge in [-0.3, -0.25) is 14.9 Å². The molecule has 0 aromatic heterocycles. The summed E-state index contributed by atoms with van der Waals surface area (Å²) < 4.78 is 5.07. The van der Waals surface area contributed by atoms with Gasteiger partial charge in [0.1, 0.15) is 5.75 Å². The number of amides is 3. The Morgan fingerprint density at radius 3 is 2.00 bits per heavy atom. The number of carbonyl (C=O) groups excluding carboxylic acids is 2. The zero-order chi connectivity index (χ0) is 21.5. The average molecular weight is 405 g/mol. The van der Waals surface area contributed by atoms with Crippen LogP contribution in [0.25, 0.3) is 0 Å². The van der Waals surface area contributed by atoms with Crippen LogP contribution in [0.1, 0.15) is 20.7 Å². The normalized spacial score (nSPS) is 10.0. The van der Waals surface area contributed by atoms with Crippen LogP contribution in [0.15, 0.2) is 72.8 Å². The molecule has 0 saturated carbocycles. The highest BCUT2D eigenvalue weighted by molar-refractivity contribution is 6.09. The lowest BCUT2D eigenvalue weighted by molar-refractivity contribution is 0.101. The van der Waals surface area contributed by atoms with E-state index in [1.807, 2.05) is 6.07 Å². The molecule has 0 saturated heterocycles. The average Bonchev–Trinajstić information content (AvgIpc) is 2.75. The number of hydrogen-bond donors (Lipinski definition) is 4. The van der Waals surface area contributed by atoms with E-state index in [1.54, 1.807) is 48.5 Å². The summed E-state index contributed by atoms with van der Waals surface area (Å²) >= 11 is 0. The smallest absolute Gasteiger partial charge is 0.409 e. The Morgan fingerprint density at radius 1 is 0.733 bits per heavy atom. The van der Waals surface area contributed by atoms with Crippen LogP contribution in [-0.4, -0.2) is 30.1 Å². The van der Waals surface area contributed by atoms with Crippen LogP contribution in [0.5, 0.6) is 5.75 Å². The summed E-state index contributed by atoms with van der Waals surface area (Å²) in [5.74, 6) is -0.269. The van der Waals surface area contributed by atoms with Crippen molar-refractivity contribution >= 4 is 35.0 Å². The van der Waals surface area contributed by atoms with Crippen molar-refractivity contribution in [3.63, 3.8) is 0 Å². The summed E-state index contributed by atoms with van der Waals surface area (Å²) in [7, 11) is 1.52. The van der Waals surface area contributed by atoms with Crippen molar-refractivity contribution in [1.82, 2.24) is 0 Å². The molecule has 30 heavy (non-hydrogen) atoms. The minimum absolute atomic E-state index is 0.139. The van der Waals surface area contributed by atoms with Crippen LogP contribution in [0.4, 0.5) is 21.9 Å². The first-order chi connectivity index (χ1) is 14.5. The van der Waals surface area contributed by atoms with E-state index in [0.29, 0.717) is 17.0 Å². The van der Waals surface area contributed by atoms with Gasteiger partial charge in [-0.15, -0.1) is 0 Å². The van der Waals surface area contributed by atoms with Gasteiger partial charge < -0.3 is 20.5 Å². The summed E-state index contributed by atoms with van der Waals surface area (Å²) in [5.41, 5.74) is 1.50. The van der Waals surface area contributed by atoms with Crippen molar-refractivity contribution in [2.45, 2.75) is 0 Å². The number of benzene rings is 3. The molecule has 0 aliphatic carbocycles. The molecule has 3 aromatic carbocycles. The number of ether oxygens (including phenoxy) is 1. The van der Waals surface area contributed by atoms with Crippen molar-refractivity contribution in [2.75, 3.05) is 23.1 Å². The molecule has 4 N–H and O–H groups in total. The van der Waals surface area contributed by atoms with Gasteiger partial charge in [-0.25, -0.2) is 4.79 Å². The van der Waals surface area contributed by atoms with Crippen LogP contribution in [0.2, 0.25) is 0 Å². The molecule has 152 valence electrons. The van der Waals surface area contributed by atoms with Gasteiger partial charge in [-0.05, 0) is 54.6 Å². The van der Waals surface area contributed by atoms with Crippen molar-refractivity contribution in [3.05, 3.63) is 83.9 Å². The van der Waals surface area contributed by atoms with Crippen molar-refractivity contribution in [3.8, 4) is 5.75 Å². The Balaban J connectivity index is 1.85. The van der Waals surface area contributed by atoms with Crippen LogP contribution < -0.4 is 20.7 Å². The minimum atomic E-state index is -1.29. The van der Waals surface area contributed by atoms with Gasteiger partial charge in [0.2, 0.25) is 0 Å². The maximum atomic E-state index is 12.6. The molecule has 0 aliphatic heterocycles. The zero-order valence-corrected chi connectivity index (χ0v) is 16.0. The molecule has 0 radical (unpaired) electrons. The van der Waals surface area contributed by atoms with E-state index in [2.05, 4.69) is 16.0 Å². The predicted molar refractivity (Wildman–Crippen MR) is 113 cm³/mol.